The molecule has 3 aromatic carbocycles. The summed E-state index contributed by atoms with van der Waals surface area (Å²) >= 11 is 3.63. The second-order valence-electron chi connectivity index (χ2n) is 6.42. The molecule has 1 heterocycles. The summed E-state index contributed by atoms with van der Waals surface area (Å²) in [6.45, 7) is 2.21. The Morgan fingerprint density at radius 1 is 0.778 bits per heavy atom. The Labute approximate surface area is 167 Å². The van der Waals surface area contributed by atoms with Crippen LogP contribution in [0.3, 0.4) is 0 Å². The molecule has 134 valence electrons. The van der Waals surface area contributed by atoms with Gasteiger partial charge in [-0.3, -0.25) is 4.57 Å². The first-order valence-electron chi connectivity index (χ1n) is 9.13. The molecule has 0 bridgehead atoms. The molecule has 4 heteroatoms. The number of aromatic nitrogens is 3. The number of rotatable bonds is 5. The first-order chi connectivity index (χ1) is 13.3. The predicted octanol–water partition coefficient (Wildman–Crippen LogP) is 6.32. The third-order valence-corrected chi connectivity index (χ3v) is 5.12. The lowest BCUT2D eigenvalue weighted by Crippen LogP contribution is -2.05. The minimum atomic E-state index is 0.710. The van der Waals surface area contributed by atoms with Gasteiger partial charge in [0.05, 0.1) is 5.69 Å². The molecule has 0 aliphatic carbocycles. The molecule has 0 aliphatic heterocycles. The lowest BCUT2D eigenvalue weighted by molar-refractivity contribution is 0.894. The second-order valence-corrected chi connectivity index (χ2v) is 7.13. The summed E-state index contributed by atoms with van der Waals surface area (Å²) < 4.78 is 2.84. The van der Waals surface area contributed by atoms with E-state index in [1.54, 1.807) is 0 Å². The Morgan fingerprint density at radius 2 is 1.44 bits per heavy atom. The van der Waals surface area contributed by atoms with E-state index in [1.165, 1.54) is 16.7 Å². The lowest BCUT2D eigenvalue weighted by Gasteiger charge is -2.18. The Hall–Kier alpha value is -2.72. The number of para-hydroxylation sites is 1. The topological polar surface area (TPSA) is 30.7 Å². The highest BCUT2D eigenvalue weighted by molar-refractivity contribution is 9.10. The van der Waals surface area contributed by atoms with E-state index in [2.05, 4.69) is 92.2 Å². The summed E-state index contributed by atoms with van der Waals surface area (Å²) in [6, 6.07) is 27.2. The molecule has 0 atom stereocenters. The number of hydrogen-bond donors (Lipinski definition) is 0. The van der Waals surface area contributed by atoms with Gasteiger partial charge in [-0.1, -0.05) is 92.2 Å². The molecular weight excluding hydrogens is 398 g/mol. The molecule has 0 saturated carbocycles. The molecule has 0 amide bonds. The van der Waals surface area contributed by atoms with E-state index in [-0.39, 0.29) is 0 Å². The fourth-order valence-electron chi connectivity index (χ4n) is 3.41. The van der Waals surface area contributed by atoms with Gasteiger partial charge >= 0.3 is 0 Å². The maximum Gasteiger partial charge on any atom is 0.205 e. The van der Waals surface area contributed by atoms with Crippen molar-refractivity contribution in [3.63, 3.8) is 0 Å². The van der Waals surface area contributed by atoms with Crippen LogP contribution in [0.4, 0.5) is 0 Å². The third-order valence-electron chi connectivity index (χ3n) is 4.60. The zero-order valence-electron chi connectivity index (χ0n) is 15.1. The van der Waals surface area contributed by atoms with Crippen molar-refractivity contribution in [1.29, 1.82) is 0 Å². The summed E-state index contributed by atoms with van der Waals surface area (Å²) in [5.74, 6) is 0.836. The highest BCUT2D eigenvalue weighted by atomic mass is 79.9. The van der Waals surface area contributed by atoms with Crippen LogP contribution >= 0.6 is 15.9 Å². The quantitative estimate of drug-likeness (QED) is 0.380. The van der Waals surface area contributed by atoms with E-state index < -0.39 is 0 Å². The summed E-state index contributed by atoms with van der Waals surface area (Å²) in [5.41, 5.74) is 5.84. The molecule has 0 spiro atoms. The van der Waals surface area contributed by atoms with Gasteiger partial charge in [-0.2, -0.15) is 0 Å². The second kappa shape index (κ2) is 7.89. The van der Waals surface area contributed by atoms with E-state index in [9.17, 15) is 0 Å². The van der Waals surface area contributed by atoms with Crippen LogP contribution in [-0.4, -0.2) is 14.8 Å². The molecule has 0 N–H and O–H groups in total. The Bertz CT molecular complexity index is 1040. The molecule has 0 radical (unpaired) electrons. The molecule has 0 unspecified atom stereocenters. The minimum absolute atomic E-state index is 0.710. The standard InChI is InChI=1S/C23H20BrN3/c1-2-10-18-15-9-16-20(17-11-5-3-6-12-17)21(18)27-22(25-26-23(27)24)19-13-7-4-8-14-19/h3-9,11-16H,2,10H2,1H3. The predicted molar refractivity (Wildman–Crippen MR) is 114 cm³/mol. The molecule has 0 aliphatic rings. The largest absolute Gasteiger partial charge is 0.269 e. The SMILES string of the molecule is CCCc1cccc(-c2ccccc2)c1-n1c(Br)nnc1-c1ccccc1. The van der Waals surface area contributed by atoms with Gasteiger partial charge in [0, 0.05) is 11.1 Å². The average molecular weight is 418 g/mol. The zero-order chi connectivity index (χ0) is 18.6. The highest BCUT2D eigenvalue weighted by Crippen LogP contribution is 2.35. The van der Waals surface area contributed by atoms with Crippen molar-refractivity contribution in [1.82, 2.24) is 14.8 Å². The molecule has 0 fully saturated rings. The zero-order valence-corrected chi connectivity index (χ0v) is 16.7. The van der Waals surface area contributed by atoms with Gasteiger partial charge in [0.15, 0.2) is 5.82 Å². The van der Waals surface area contributed by atoms with Gasteiger partial charge in [0.25, 0.3) is 0 Å². The first-order valence-corrected chi connectivity index (χ1v) is 9.93. The van der Waals surface area contributed by atoms with Crippen LogP contribution in [0.25, 0.3) is 28.2 Å². The summed E-state index contributed by atoms with van der Waals surface area (Å²) in [6.07, 6.45) is 2.07. The van der Waals surface area contributed by atoms with Crippen LogP contribution in [-0.2, 0) is 6.42 Å². The van der Waals surface area contributed by atoms with Gasteiger partial charge in [0.1, 0.15) is 0 Å². The van der Waals surface area contributed by atoms with Crippen molar-refractivity contribution >= 4 is 15.9 Å². The Morgan fingerprint density at radius 3 is 2.11 bits per heavy atom. The number of nitrogens with zero attached hydrogens (tertiary/aromatic N) is 3. The van der Waals surface area contributed by atoms with E-state index in [0.717, 1.165) is 29.9 Å². The molecule has 1 aromatic heterocycles. The van der Waals surface area contributed by atoms with E-state index in [4.69, 9.17) is 0 Å². The van der Waals surface area contributed by atoms with Crippen LogP contribution in [0.15, 0.2) is 83.6 Å². The molecule has 0 saturated heterocycles. The van der Waals surface area contributed by atoms with Gasteiger partial charge in [-0.25, -0.2) is 0 Å². The van der Waals surface area contributed by atoms with Crippen LogP contribution in [0.2, 0.25) is 0 Å². The normalized spacial score (nSPS) is 10.9. The van der Waals surface area contributed by atoms with Crippen molar-refractivity contribution in [3.05, 3.63) is 89.2 Å². The van der Waals surface area contributed by atoms with Gasteiger partial charge in [-0.15, -0.1) is 10.2 Å². The van der Waals surface area contributed by atoms with Crippen LogP contribution in [0.1, 0.15) is 18.9 Å². The maximum absolute atomic E-state index is 4.46. The Balaban J connectivity index is 2.01. The molecule has 4 rings (SSSR count). The van der Waals surface area contributed by atoms with E-state index >= 15 is 0 Å². The molecule has 3 nitrogen and oxygen atoms in total. The van der Waals surface area contributed by atoms with Crippen molar-refractivity contribution in [2.45, 2.75) is 19.8 Å². The molecule has 27 heavy (non-hydrogen) atoms. The van der Waals surface area contributed by atoms with E-state index in [1.807, 2.05) is 24.3 Å². The van der Waals surface area contributed by atoms with Crippen molar-refractivity contribution < 1.29 is 0 Å². The van der Waals surface area contributed by atoms with Gasteiger partial charge in [-0.05, 0) is 33.5 Å². The molecule has 4 aromatic rings. The van der Waals surface area contributed by atoms with Gasteiger partial charge in [0.2, 0.25) is 4.73 Å². The summed E-state index contributed by atoms with van der Waals surface area (Å²) in [4.78, 5) is 0. The monoisotopic (exact) mass is 417 g/mol. The first kappa shape index (κ1) is 17.7. The smallest absolute Gasteiger partial charge is 0.205 e. The highest BCUT2D eigenvalue weighted by Gasteiger charge is 2.20. The fraction of sp³-hybridized carbons (Fsp3) is 0.130. The number of aryl methyl sites for hydroxylation is 1. The third kappa shape index (κ3) is 3.45. The fourth-order valence-corrected chi connectivity index (χ4v) is 3.84. The number of hydrogen-bond acceptors (Lipinski definition) is 2. The number of benzene rings is 3. The lowest BCUT2D eigenvalue weighted by atomic mass is 9.97. The number of halogens is 1. The van der Waals surface area contributed by atoms with Crippen molar-refractivity contribution in [2.24, 2.45) is 0 Å². The summed E-state index contributed by atoms with van der Waals surface area (Å²) in [7, 11) is 0. The van der Waals surface area contributed by atoms with Gasteiger partial charge < -0.3 is 0 Å². The van der Waals surface area contributed by atoms with Crippen LogP contribution < -0.4 is 0 Å². The van der Waals surface area contributed by atoms with Crippen molar-refractivity contribution in [3.8, 4) is 28.2 Å². The summed E-state index contributed by atoms with van der Waals surface area (Å²) in [5, 5.41) is 8.80. The van der Waals surface area contributed by atoms with E-state index in [0.29, 0.717) is 4.73 Å². The van der Waals surface area contributed by atoms with Crippen molar-refractivity contribution in [2.75, 3.05) is 0 Å². The molecular formula is C23H20BrN3. The maximum atomic E-state index is 4.46. The Kier molecular flexibility index (Phi) is 5.16. The minimum Gasteiger partial charge on any atom is -0.269 e. The van der Waals surface area contributed by atoms with Crippen LogP contribution in [0, 0.1) is 0 Å². The average Bonchev–Trinajstić information content (AvgIpc) is 3.10. The van der Waals surface area contributed by atoms with Crippen LogP contribution in [0.5, 0.6) is 0 Å².